The van der Waals surface area contributed by atoms with Crippen LogP contribution < -0.4 is 0 Å². The summed E-state index contributed by atoms with van der Waals surface area (Å²) in [6.45, 7) is 5.49. The first-order valence-corrected chi connectivity index (χ1v) is 14.5. The molecule has 222 valence electrons. The molecular formula is C29H32Cl2F3N3O4. The highest BCUT2D eigenvalue weighted by atomic mass is 35.5. The van der Waals surface area contributed by atoms with Crippen LogP contribution in [0.15, 0.2) is 24.4 Å². The average molecular weight is 614 g/mol. The zero-order valence-electron chi connectivity index (χ0n) is 22.9. The fraction of sp³-hybridized carbons (Fsp3) is 0.586. The van der Waals surface area contributed by atoms with Crippen LogP contribution in [-0.4, -0.2) is 50.0 Å². The number of carboxylic acids is 1. The van der Waals surface area contributed by atoms with Gasteiger partial charge >= 0.3 is 12.1 Å². The molecule has 0 aliphatic heterocycles. The molecule has 5 rings (SSSR count). The zero-order valence-corrected chi connectivity index (χ0v) is 24.4. The van der Waals surface area contributed by atoms with E-state index in [-0.39, 0.29) is 46.2 Å². The number of carboxylic acid groups (broad SMARTS) is 1. The maximum absolute atomic E-state index is 14.6. The van der Waals surface area contributed by atoms with Crippen LogP contribution in [0.1, 0.15) is 85.3 Å². The summed E-state index contributed by atoms with van der Waals surface area (Å²) in [7, 11) is 0. The molecule has 0 saturated heterocycles. The third kappa shape index (κ3) is 5.38. The van der Waals surface area contributed by atoms with Crippen molar-refractivity contribution in [3.63, 3.8) is 0 Å². The van der Waals surface area contributed by atoms with Crippen LogP contribution in [0, 0.1) is 29.1 Å². The molecular weight excluding hydrogens is 582 g/mol. The molecule has 1 N–H and O–H groups in total. The average Bonchev–Trinajstić information content (AvgIpc) is 3.29. The molecule has 41 heavy (non-hydrogen) atoms. The van der Waals surface area contributed by atoms with E-state index in [4.69, 9.17) is 23.2 Å². The van der Waals surface area contributed by atoms with E-state index in [0.29, 0.717) is 24.7 Å². The van der Waals surface area contributed by atoms with Crippen LogP contribution in [0.5, 0.6) is 0 Å². The van der Waals surface area contributed by atoms with Crippen molar-refractivity contribution >= 4 is 40.9 Å². The van der Waals surface area contributed by atoms with Crippen LogP contribution in [0.4, 0.5) is 13.2 Å². The normalized spacial score (nSPS) is 28.7. The predicted molar refractivity (Wildman–Crippen MR) is 146 cm³/mol. The minimum Gasteiger partial charge on any atom is -0.481 e. The minimum absolute atomic E-state index is 0.0213. The second-order valence-corrected chi connectivity index (χ2v) is 13.2. The lowest BCUT2D eigenvalue weighted by Gasteiger charge is -2.33. The number of hydrogen-bond donors (Lipinski definition) is 1. The number of alkyl halides is 3. The summed E-state index contributed by atoms with van der Waals surface area (Å²) in [5.41, 5.74) is -1.68. The highest BCUT2D eigenvalue weighted by molar-refractivity contribution is 6.40. The molecule has 1 aromatic carbocycles. The van der Waals surface area contributed by atoms with Gasteiger partial charge in [0.15, 0.2) is 11.5 Å². The van der Waals surface area contributed by atoms with Crippen LogP contribution in [0.25, 0.3) is 0 Å². The Morgan fingerprint density at radius 3 is 2.24 bits per heavy atom. The van der Waals surface area contributed by atoms with Crippen molar-refractivity contribution in [2.75, 3.05) is 6.54 Å². The first-order chi connectivity index (χ1) is 19.1. The number of ketones is 1. The Labute approximate surface area is 246 Å². The van der Waals surface area contributed by atoms with E-state index in [1.807, 2.05) is 0 Å². The van der Waals surface area contributed by atoms with Crippen LogP contribution in [0.3, 0.4) is 0 Å². The Balaban J connectivity index is 1.49. The van der Waals surface area contributed by atoms with Crippen molar-refractivity contribution in [2.45, 2.75) is 71.1 Å². The highest BCUT2D eigenvalue weighted by Gasteiger charge is 2.63. The number of aliphatic carboxylic acids is 1. The van der Waals surface area contributed by atoms with Crippen LogP contribution >= 0.6 is 23.2 Å². The number of aromatic nitrogens is 2. The summed E-state index contributed by atoms with van der Waals surface area (Å²) < 4.78 is 44.6. The quantitative estimate of drug-likeness (QED) is 0.338. The van der Waals surface area contributed by atoms with Gasteiger partial charge < -0.3 is 10.0 Å². The van der Waals surface area contributed by atoms with Crippen LogP contribution in [-0.2, 0) is 11.0 Å². The molecule has 0 spiro atoms. The number of nitrogens with zero attached hydrogens (tertiary/aromatic N) is 3. The summed E-state index contributed by atoms with van der Waals surface area (Å²) in [4.78, 5) is 40.2. The SMILES string of the molecule is C[C@@H]1C[C@@H](n2ncc(C(=O)N(CC(=O)c3c(Cl)cccc3Cl)C3C[C@@H]4[C@H](C3)C4(C)C)c2C(F)(F)F)CC[C@@H]1C(=O)O. The van der Waals surface area contributed by atoms with Gasteiger partial charge in [0, 0.05) is 6.04 Å². The summed E-state index contributed by atoms with van der Waals surface area (Å²) in [6, 6.07) is 3.42. The van der Waals surface area contributed by atoms with Gasteiger partial charge in [0.05, 0.1) is 45.9 Å². The van der Waals surface area contributed by atoms with Crippen molar-refractivity contribution in [1.82, 2.24) is 14.7 Å². The molecule has 2 aromatic rings. The van der Waals surface area contributed by atoms with Gasteiger partial charge in [-0.2, -0.15) is 18.3 Å². The predicted octanol–water partition coefficient (Wildman–Crippen LogP) is 7.03. The lowest BCUT2D eigenvalue weighted by atomic mass is 9.78. The molecule has 7 nitrogen and oxygen atoms in total. The second kappa shape index (κ2) is 10.6. The number of fused-ring (bicyclic) bond motifs is 1. The minimum atomic E-state index is -4.91. The number of benzene rings is 1. The topological polar surface area (TPSA) is 92.5 Å². The first-order valence-electron chi connectivity index (χ1n) is 13.8. The number of hydrogen-bond acceptors (Lipinski definition) is 4. The number of carbonyl (C=O) groups is 3. The maximum atomic E-state index is 14.6. The van der Waals surface area contributed by atoms with Gasteiger partial charge in [0.25, 0.3) is 5.91 Å². The second-order valence-electron chi connectivity index (χ2n) is 12.4. The molecule has 3 fully saturated rings. The first kappa shape index (κ1) is 29.9. The number of amides is 1. The van der Waals surface area contributed by atoms with Crippen molar-refractivity contribution in [2.24, 2.45) is 29.1 Å². The largest absolute Gasteiger partial charge is 0.481 e. The third-order valence-corrected chi connectivity index (χ3v) is 10.3. The van der Waals surface area contributed by atoms with Crippen molar-refractivity contribution in [1.29, 1.82) is 0 Å². The van der Waals surface area contributed by atoms with Gasteiger partial charge in [-0.15, -0.1) is 0 Å². The van der Waals surface area contributed by atoms with E-state index in [9.17, 15) is 32.7 Å². The van der Waals surface area contributed by atoms with Gasteiger partial charge in [0.1, 0.15) is 0 Å². The third-order valence-electron chi connectivity index (χ3n) is 9.70. The fourth-order valence-electron chi connectivity index (χ4n) is 7.28. The number of rotatable bonds is 7. The molecule has 1 heterocycles. The van der Waals surface area contributed by atoms with Crippen molar-refractivity contribution in [3.8, 4) is 0 Å². The van der Waals surface area contributed by atoms with E-state index >= 15 is 0 Å². The molecule has 3 aliphatic rings. The zero-order chi connectivity index (χ0) is 30.0. The smallest absolute Gasteiger partial charge is 0.433 e. The van der Waals surface area contributed by atoms with Crippen molar-refractivity contribution < 1.29 is 32.7 Å². The molecule has 0 radical (unpaired) electrons. The number of Topliss-reactive ketones (excluding diaryl/α,β-unsaturated/α-hetero) is 1. The molecule has 6 atom stereocenters. The summed E-state index contributed by atoms with van der Waals surface area (Å²) in [5, 5.41) is 13.7. The standard InChI is InChI=1S/C29H32Cl2F3N3O4/c1-14-9-15(7-8-17(14)27(40)41)37-25(29(32,33)34)18(12-35-37)26(39)36(16-10-19-20(11-16)28(19,2)3)13-23(38)24-21(30)5-4-6-22(24)31/h4-6,12,14-17,19-20H,7-11,13H2,1-3H3,(H,40,41)/t14-,15+,16?,17+,19-,20+/m1/s1. The number of halogens is 5. The molecule has 3 saturated carbocycles. The summed E-state index contributed by atoms with van der Waals surface area (Å²) in [6.07, 6.45) is -2.23. The summed E-state index contributed by atoms with van der Waals surface area (Å²) >= 11 is 12.5. The van der Waals surface area contributed by atoms with E-state index in [1.165, 1.54) is 17.0 Å². The van der Waals surface area contributed by atoms with E-state index in [1.54, 1.807) is 13.0 Å². The van der Waals surface area contributed by atoms with Gasteiger partial charge in [-0.1, -0.05) is 50.0 Å². The lowest BCUT2D eigenvalue weighted by Crippen LogP contribution is -2.44. The Kier molecular flexibility index (Phi) is 7.72. The van der Waals surface area contributed by atoms with Gasteiger partial charge in [-0.25, -0.2) is 0 Å². The molecule has 1 amide bonds. The molecule has 12 heteroatoms. The van der Waals surface area contributed by atoms with E-state index in [2.05, 4.69) is 18.9 Å². The molecule has 3 aliphatic carbocycles. The summed E-state index contributed by atoms with van der Waals surface area (Å²) in [5.74, 6) is -2.82. The number of carbonyl (C=O) groups excluding carboxylic acids is 2. The maximum Gasteiger partial charge on any atom is 0.433 e. The lowest BCUT2D eigenvalue weighted by molar-refractivity contribution is -0.149. The monoisotopic (exact) mass is 613 g/mol. The molecule has 1 unspecified atom stereocenters. The van der Waals surface area contributed by atoms with Gasteiger partial charge in [-0.3, -0.25) is 19.1 Å². The molecule has 0 bridgehead atoms. The Bertz CT molecular complexity index is 1360. The van der Waals surface area contributed by atoms with Gasteiger partial charge in [0.2, 0.25) is 0 Å². The molecule has 1 aromatic heterocycles. The highest BCUT2D eigenvalue weighted by Crippen LogP contribution is 2.67. The van der Waals surface area contributed by atoms with E-state index in [0.717, 1.165) is 10.9 Å². The van der Waals surface area contributed by atoms with Crippen molar-refractivity contribution in [3.05, 3.63) is 51.3 Å². The van der Waals surface area contributed by atoms with Crippen LogP contribution in [0.2, 0.25) is 10.0 Å². The Hall–Kier alpha value is -2.59. The van der Waals surface area contributed by atoms with E-state index < -0.39 is 59.6 Å². The fourth-order valence-corrected chi connectivity index (χ4v) is 7.89. The van der Waals surface area contributed by atoms with Gasteiger partial charge in [-0.05, 0) is 67.4 Å². The Morgan fingerprint density at radius 1 is 1.10 bits per heavy atom. The Morgan fingerprint density at radius 2 is 1.71 bits per heavy atom.